The van der Waals surface area contributed by atoms with Crippen molar-refractivity contribution >= 4 is 11.9 Å². The molecule has 0 aliphatic heterocycles. The van der Waals surface area contributed by atoms with Gasteiger partial charge in [0, 0.05) is 12.6 Å². The van der Waals surface area contributed by atoms with Crippen LogP contribution in [0.15, 0.2) is 0 Å². The Labute approximate surface area is 114 Å². The van der Waals surface area contributed by atoms with Gasteiger partial charge in [0.15, 0.2) is 0 Å². The maximum absolute atomic E-state index is 12.2. The lowest BCUT2D eigenvalue weighted by Crippen LogP contribution is -2.42. The molecule has 4 atom stereocenters. The van der Waals surface area contributed by atoms with Gasteiger partial charge in [-0.3, -0.25) is 9.59 Å². The van der Waals surface area contributed by atoms with Gasteiger partial charge in [0.25, 0.3) is 0 Å². The van der Waals surface area contributed by atoms with E-state index < -0.39 is 17.8 Å². The maximum atomic E-state index is 12.2. The lowest BCUT2D eigenvalue weighted by molar-refractivity contribution is -0.146. The Balaban J connectivity index is 2.56. The highest BCUT2D eigenvalue weighted by Crippen LogP contribution is 2.38. The molecule has 4 unspecified atom stereocenters. The predicted molar refractivity (Wildman–Crippen MR) is 71.7 cm³/mol. The molecule has 1 saturated carbocycles. The molecular weight excluding hydrogens is 246 g/mol. The number of rotatable bonds is 7. The monoisotopic (exact) mass is 271 g/mol. The number of hydrogen-bond donors (Lipinski definition) is 2. The predicted octanol–water partition coefficient (Wildman–Crippen LogP) is 1.66. The highest BCUT2D eigenvalue weighted by molar-refractivity contribution is 5.85. The molecule has 1 fully saturated rings. The van der Waals surface area contributed by atoms with Gasteiger partial charge in [-0.15, -0.1) is 0 Å². The summed E-state index contributed by atoms with van der Waals surface area (Å²) >= 11 is 0. The average Bonchev–Trinajstić information content (AvgIpc) is 2.80. The third-order valence-corrected chi connectivity index (χ3v) is 3.85. The van der Waals surface area contributed by atoms with Crippen LogP contribution >= 0.6 is 0 Å². The van der Waals surface area contributed by atoms with E-state index >= 15 is 0 Å². The summed E-state index contributed by atoms with van der Waals surface area (Å²) in [5.74, 6) is -1.58. The molecule has 1 amide bonds. The molecule has 0 aromatic carbocycles. The van der Waals surface area contributed by atoms with Crippen LogP contribution in [0.5, 0.6) is 0 Å². The standard InChI is InChI=1S/C14H25NO4/c1-4-10-6-11(12(7-10)14(17)18)13(16)15-9(3)8-19-5-2/h9-12H,4-8H2,1-3H3,(H,15,16)(H,17,18). The number of ether oxygens (including phenoxy) is 1. The van der Waals surface area contributed by atoms with Gasteiger partial charge >= 0.3 is 5.97 Å². The zero-order valence-corrected chi connectivity index (χ0v) is 12.0. The van der Waals surface area contributed by atoms with Gasteiger partial charge in [-0.1, -0.05) is 13.3 Å². The average molecular weight is 271 g/mol. The Morgan fingerprint density at radius 3 is 2.47 bits per heavy atom. The molecule has 0 aromatic rings. The van der Waals surface area contributed by atoms with Gasteiger partial charge in [0.05, 0.1) is 18.4 Å². The number of hydrogen-bond acceptors (Lipinski definition) is 3. The quantitative estimate of drug-likeness (QED) is 0.738. The molecule has 1 aliphatic rings. The summed E-state index contributed by atoms with van der Waals surface area (Å²) in [5.41, 5.74) is 0. The van der Waals surface area contributed by atoms with Crippen LogP contribution < -0.4 is 5.32 Å². The lowest BCUT2D eigenvalue weighted by Gasteiger charge is -2.19. The summed E-state index contributed by atoms with van der Waals surface area (Å²) in [7, 11) is 0. The second-order valence-corrected chi connectivity index (χ2v) is 5.37. The van der Waals surface area contributed by atoms with Crippen LogP contribution in [-0.2, 0) is 14.3 Å². The number of carbonyl (C=O) groups excluding carboxylic acids is 1. The molecule has 1 aliphatic carbocycles. The van der Waals surface area contributed by atoms with E-state index in [9.17, 15) is 14.7 Å². The fourth-order valence-corrected chi connectivity index (χ4v) is 2.73. The Morgan fingerprint density at radius 2 is 1.95 bits per heavy atom. The minimum Gasteiger partial charge on any atom is -0.481 e. The van der Waals surface area contributed by atoms with Gasteiger partial charge in [-0.25, -0.2) is 0 Å². The van der Waals surface area contributed by atoms with E-state index in [4.69, 9.17) is 4.74 Å². The Bertz CT molecular complexity index is 319. The van der Waals surface area contributed by atoms with Crippen LogP contribution in [-0.4, -0.2) is 36.2 Å². The van der Waals surface area contributed by atoms with Crippen LogP contribution in [0.25, 0.3) is 0 Å². The van der Waals surface area contributed by atoms with E-state index in [-0.39, 0.29) is 11.9 Å². The highest BCUT2D eigenvalue weighted by Gasteiger charge is 2.42. The highest BCUT2D eigenvalue weighted by atomic mass is 16.5. The first-order valence-corrected chi connectivity index (χ1v) is 7.10. The van der Waals surface area contributed by atoms with Crippen molar-refractivity contribution in [3.05, 3.63) is 0 Å². The molecule has 5 nitrogen and oxygen atoms in total. The van der Waals surface area contributed by atoms with Crippen molar-refractivity contribution in [1.82, 2.24) is 5.32 Å². The zero-order valence-electron chi connectivity index (χ0n) is 12.0. The molecular formula is C14H25NO4. The first-order valence-electron chi connectivity index (χ1n) is 7.10. The topological polar surface area (TPSA) is 75.6 Å². The summed E-state index contributed by atoms with van der Waals surface area (Å²) in [6, 6.07) is -0.0810. The van der Waals surface area contributed by atoms with E-state index in [1.54, 1.807) is 0 Å². The molecule has 0 saturated heterocycles. The first kappa shape index (κ1) is 16.0. The van der Waals surface area contributed by atoms with Crippen molar-refractivity contribution in [3.63, 3.8) is 0 Å². The van der Waals surface area contributed by atoms with E-state index in [1.807, 2.05) is 20.8 Å². The fraction of sp³-hybridized carbons (Fsp3) is 0.857. The van der Waals surface area contributed by atoms with Crippen molar-refractivity contribution in [2.75, 3.05) is 13.2 Å². The summed E-state index contributed by atoms with van der Waals surface area (Å²) in [6.07, 6.45) is 2.23. The first-order chi connectivity index (χ1) is 8.99. The van der Waals surface area contributed by atoms with Gasteiger partial charge in [0.1, 0.15) is 0 Å². The van der Waals surface area contributed by atoms with E-state index in [0.29, 0.717) is 32.0 Å². The van der Waals surface area contributed by atoms with Gasteiger partial charge < -0.3 is 15.2 Å². The zero-order chi connectivity index (χ0) is 14.4. The van der Waals surface area contributed by atoms with Crippen LogP contribution in [0.3, 0.4) is 0 Å². The smallest absolute Gasteiger partial charge is 0.307 e. The van der Waals surface area contributed by atoms with Crippen molar-refractivity contribution in [1.29, 1.82) is 0 Å². The van der Waals surface area contributed by atoms with Crippen molar-refractivity contribution in [3.8, 4) is 0 Å². The number of nitrogens with one attached hydrogen (secondary N) is 1. The lowest BCUT2D eigenvalue weighted by atomic mass is 9.95. The van der Waals surface area contributed by atoms with Crippen LogP contribution in [0.4, 0.5) is 0 Å². The second kappa shape index (κ2) is 7.48. The molecule has 5 heteroatoms. The number of carboxylic acids is 1. The molecule has 0 radical (unpaired) electrons. The number of carbonyl (C=O) groups is 2. The Hall–Kier alpha value is -1.10. The number of amides is 1. The Morgan fingerprint density at radius 1 is 1.32 bits per heavy atom. The minimum absolute atomic E-state index is 0.0810. The fourth-order valence-electron chi connectivity index (χ4n) is 2.73. The number of aliphatic carboxylic acids is 1. The minimum atomic E-state index is -0.853. The summed E-state index contributed by atoms with van der Waals surface area (Å²) in [5, 5.41) is 12.1. The van der Waals surface area contributed by atoms with E-state index in [1.165, 1.54) is 0 Å². The van der Waals surface area contributed by atoms with Gasteiger partial charge in [-0.05, 0) is 32.6 Å². The van der Waals surface area contributed by atoms with Crippen molar-refractivity contribution in [2.24, 2.45) is 17.8 Å². The molecule has 0 heterocycles. The summed E-state index contributed by atoms with van der Waals surface area (Å²) < 4.78 is 5.24. The summed E-state index contributed by atoms with van der Waals surface area (Å²) in [6.45, 7) is 6.89. The second-order valence-electron chi connectivity index (χ2n) is 5.37. The van der Waals surface area contributed by atoms with Gasteiger partial charge in [0.2, 0.25) is 5.91 Å². The SMILES string of the molecule is CCOCC(C)NC(=O)C1CC(CC)CC1C(=O)O. The Kier molecular flexibility index (Phi) is 6.28. The molecule has 1 rings (SSSR count). The van der Waals surface area contributed by atoms with Crippen LogP contribution in [0, 0.1) is 17.8 Å². The largest absolute Gasteiger partial charge is 0.481 e. The summed E-state index contributed by atoms with van der Waals surface area (Å²) in [4.78, 5) is 23.4. The third kappa shape index (κ3) is 4.49. The van der Waals surface area contributed by atoms with Crippen LogP contribution in [0.2, 0.25) is 0 Å². The molecule has 2 N–H and O–H groups in total. The third-order valence-electron chi connectivity index (χ3n) is 3.85. The molecule has 19 heavy (non-hydrogen) atoms. The molecule has 0 spiro atoms. The number of carboxylic acid groups (broad SMARTS) is 1. The molecule has 0 aromatic heterocycles. The normalized spacial score (nSPS) is 28.1. The molecule has 110 valence electrons. The van der Waals surface area contributed by atoms with Crippen molar-refractivity contribution < 1.29 is 19.4 Å². The molecule has 0 bridgehead atoms. The maximum Gasteiger partial charge on any atom is 0.307 e. The van der Waals surface area contributed by atoms with Gasteiger partial charge in [-0.2, -0.15) is 0 Å². The van der Waals surface area contributed by atoms with Crippen LogP contribution in [0.1, 0.15) is 40.0 Å². The van der Waals surface area contributed by atoms with E-state index in [0.717, 1.165) is 6.42 Å². The van der Waals surface area contributed by atoms with E-state index in [2.05, 4.69) is 5.32 Å². The van der Waals surface area contributed by atoms with Crippen molar-refractivity contribution in [2.45, 2.75) is 46.1 Å².